The molecule has 2 aromatic heterocycles. The molecule has 0 aliphatic carbocycles. The number of nitrogens with one attached hydrogen (secondary N) is 1. The fraction of sp³-hybridized carbons (Fsp3) is 0.0714. The maximum atomic E-state index is 11.3. The number of thiazole rings is 1. The van der Waals surface area contributed by atoms with Gasteiger partial charge >= 0.3 is 5.97 Å². The number of aromatic nitrogens is 3. The molecular weight excluding hydrogens is 324 g/mol. The Kier molecular flexibility index (Phi) is 4.08. The lowest BCUT2D eigenvalue weighted by atomic mass is 10.1. The van der Waals surface area contributed by atoms with Gasteiger partial charge in [0.1, 0.15) is 0 Å². The van der Waals surface area contributed by atoms with Crippen LogP contribution in [-0.2, 0) is 6.54 Å². The minimum absolute atomic E-state index is 0.200. The second-order valence-electron chi connectivity index (χ2n) is 4.42. The van der Waals surface area contributed by atoms with E-state index in [0.29, 0.717) is 16.7 Å². The number of nitrogens with zero attached hydrogens (tertiary/aromatic N) is 3. The van der Waals surface area contributed by atoms with Crippen LogP contribution < -0.4 is 5.32 Å². The topological polar surface area (TPSA) is 80.0 Å². The quantitative estimate of drug-likeness (QED) is 0.748. The first-order valence-corrected chi connectivity index (χ1v) is 7.54. The lowest BCUT2D eigenvalue weighted by Crippen LogP contribution is -2.07. The Morgan fingerprint density at radius 1 is 1.45 bits per heavy atom. The van der Waals surface area contributed by atoms with Crippen LogP contribution in [0.3, 0.4) is 0 Å². The third kappa shape index (κ3) is 3.10. The van der Waals surface area contributed by atoms with Crippen LogP contribution in [-0.4, -0.2) is 25.8 Å². The Morgan fingerprint density at radius 2 is 2.32 bits per heavy atom. The van der Waals surface area contributed by atoms with Crippen LogP contribution in [0.5, 0.6) is 0 Å². The van der Waals surface area contributed by atoms with Gasteiger partial charge in [-0.25, -0.2) is 14.5 Å². The molecule has 0 saturated carbocycles. The van der Waals surface area contributed by atoms with Crippen molar-refractivity contribution in [3.8, 4) is 5.69 Å². The minimum atomic E-state index is -0.989. The van der Waals surface area contributed by atoms with Crippen molar-refractivity contribution in [3.63, 3.8) is 0 Å². The third-order valence-corrected chi connectivity index (χ3v) is 4.10. The lowest BCUT2D eigenvalue weighted by Gasteiger charge is -2.11. The van der Waals surface area contributed by atoms with E-state index in [1.807, 2.05) is 0 Å². The van der Waals surface area contributed by atoms with Crippen molar-refractivity contribution in [2.24, 2.45) is 0 Å². The van der Waals surface area contributed by atoms with Crippen LogP contribution in [0, 0.1) is 0 Å². The van der Waals surface area contributed by atoms with E-state index in [9.17, 15) is 9.90 Å². The van der Waals surface area contributed by atoms with Crippen molar-refractivity contribution < 1.29 is 9.90 Å². The number of halogens is 1. The van der Waals surface area contributed by atoms with Gasteiger partial charge in [0.25, 0.3) is 0 Å². The lowest BCUT2D eigenvalue weighted by molar-refractivity contribution is 0.0698. The summed E-state index contributed by atoms with van der Waals surface area (Å²) in [6, 6.07) is 6.82. The van der Waals surface area contributed by atoms with E-state index in [1.165, 1.54) is 11.3 Å². The number of rotatable bonds is 5. The summed E-state index contributed by atoms with van der Waals surface area (Å²) in [5, 5.41) is 16.6. The number of carbonyl (C=O) groups is 1. The summed E-state index contributed by atoms with van der Waals surface area (Å²) >= 11 is 7.14. The van der Waals surface area contributed by atoms with Gasteiger partial charge in [0, 0.05) is 23.5 Å². The molecule has 6 nitrogen and oxygen atoms in total. The summed E-state index contributed by atoms with van der Waals surface area (Å²) in [6.07, 6.45) is 5.12. The number of anilines is 1. The number of hydrogen-bond acceptors (Lipinski definition) is 5. The van der Waals surface area contributed by atoms with Crippen LogP contribution >= 0.6 is 22.9 Å². The van der Waals surface area contributed by atoms with Gasteiger partial charge in [-0.2, -0.15) is 5.10 Å². The van der Waals surface area contributed by atoms with Gasteiger partial charge in [-0.3, -0.25) is 0 Å². The van der Waals surface area contributed by atoms with Crippen molar-refractivity contribution in [3.05, 3.63) is 57.8 Å². The molecule has 0 radical (unpaired) electrons. The van der Waals surface area contributed by atoms with Crippen LogP contribution in [0.25, 0.3) is 5.69 Å². The van der Waals surface area contributed by atoms with E-state index in [4.69, 9.17) is 11.6 Å². The molecule has 3 rings (SSSR count). The van der Waals surface area contributed by atoms with Gasteiger partial charge in [0.15, 0.2) is 4.47 Å². The molecule has 0 aliphatic rings. The molecule has 0 aliphatic heterocycles. The summed E-state index contributed by atoms with van der Waals surface area (Å²) < 4.78 is 2.13. The fourth-order valence-electron chi connectivity index (χ4n) is 1.98. The molecule has 0 amide bonds. The highest BCUT2D eigenvalue weighted by atomic mass is 35.5. The van der Waals surface area contributed by atoms with Crippen molar-refractivity contribution in [1.82, 2.24) is 14.8 Å². The number of hydrogen-bond donors (Lipinski definition) is 2. The summed E-state index contributed by atoms with van der Waals surface area (Å²) in [5.41, 5.74) is 1.50. The van der Waals surface area contributed by atoms with E-state index in [2.05, 4.69) is 15.4 Å². The normalized spacial score (nSPS) is 10.6. The number of aromatic carboxylic acids is 1. The molecule has 2 heterocycles. The van der Waals surface area contributed by atoms with Crippen molar-refractivity contribution in [2.75, 3.05) is 5.32 Å². The van der Waals surface area contributed by atoms with E-state index >= 15 is 0 Å². The molecule has 2 N–H and O–H groups in total. The molecule has 1 aromatic carbocycles. The highest BCUT2D eigenvalue weighted by molar-refractivity contribution is 7.15. The fourth-order valence-corrected chi connectivity index (χ4v) is 2.89. The predicted octanol–water partition coefficient (Wildman–Crippen LogP) is 3.29. The molecule has 112 valence electrons. The summed E-state index contributed by atoms with van der Waals surface area (Å²) in [7, 11) is 0. The van der Waals surface area contributed by atoms with Crippen LogP contribution in [0.1, 0.15) is 15.2 Å². The standard InChI is InChI=1S/C14H11ClN4O2S/c15-14-17-8-10(22-14)7-16-12-6-9(19-5-1-4-18-19)2-3-11(12)13(20)21/h1-6,8,16H,7H2,(H,20,21). The largest absolute Gasteiger partial charge is 0.478 e. The second-order valence-corrected chi connectivity index (χ2v) is 6.12. The highest BCUT2D eigenvalue weighted by Gasteiger charge is 2.12. The van der Waals surface area contributed by atoms with Gasteiger partial charge in [-0.05, 0) is 24.3 Å². The first-order valence-electron chi connectivity index (χ1n) is 6.35. The Hall–Kier alpha value is -2.38. The molecule has 3 aromatic rings. The number of carboxylic acid groups (broad SMARTS) is 1. The van der Waals surface area contributed by atoms with Gasteiger partial charge in [0.2, 0.25) is 0 Å². The maximum absolute atomic E-state index is 11.3. The zero-order chi connectivity index (χ0) is 15.5. The Labute approximate surface area is 135 Å². The SMILES string of the molecule is O=C(O)c1ccc(-n2cccn2)cc1NCc1cnc(Cl)s1. The van der Waals surface area contributed by atoms with E-state index < -0.39 is 5.97 Å². The van der Waals surface area contributed by atoms with Crippen molar-refractivity contribution in [1.29, 1.82) is 0 Å². The Morgan fingerprint density at radius 3 is 2.95 bits per heavy atom. The second kappa shape index (κ2) is 6.17. The first-order chi connectivity index (χ1) is 10.6. The Balaban J connectivity index is 1.89. The Bertz CT molecular complexity index is 801. The van der Waals surface area contributed by atoms with Crippen LogP contribution in [0.2, 0.25) is 4.47 Å². The van der Waals surface area contributed by atoms with Gasteiger partial charge < -0.3 is 10.4 Å². The molecule has 0 bridgehead atoms. The van der Waals surface area contributed by atoms with E-state index in [0.717, 1.165) is 10.6 Å². The number of benzene rings is 1. The van der Waals surface area contributed by atoms with Crippen LogP contribution in [0.4, 0.5) is 5.69 Å². The third-order valence-electron chi connectivity index (χ3n) is 2.98. The molecule has 8 heteroatoms. The first kappa shape index (κ1) is 14.6. The monoisotopic (exact) mass is 334 g/mol. The average molecular weight is 335 g/mol. The molecule has 0 saturated heterocycles. The van der Waals surface area contributed by atoms with E-state index in [1.54, 1.807) is 47.5 Å². The van der Waals surface area contributed by atoms with E-state index in [-0.39, 0.29) is 5.56 Å². The maximum Gasteiger partial charge on any atom is 0.337 e. The summed E-state index contributed by atoms with van der Waals surface area (Å²) in [4.78, 5) is 16.2. The van der Waals surface area contributed by atoms with Crippen molar-refractivity contribution in [2.45, 2.75) is 6.54 Å². The van der Waals surface area contributed by atoms with Gasteiger partial charge in [-0.15, -0.1) is 11.3 Å². The minimum Gasteiger partial charge on any atom is -0.478 e. The molecule has 22 heavy (non-hydrogen) atoms. The summed E-state index contributed by atoms with van der Waals surface area (Å²) in [6.45, 7) is 0.452. The molecule has 0 atom stereocenters. The van der Waals surface area contributed by atoms with Gasteiger partial charge in [0.05, 0.1) is 23.5 Å². The van der Waals surface area contributed by atoms with Crippen molar-refractivity contribution >= 4 is 34.6 Å². The predicted molar refractivity (Wildman–Crippen MR) is 85.0 cm³/mol. The molecule has 0 unspecified atom stereocenters. The smallest absolute Gasteiger partial charge is 0.337 e. The van der Waals surface area contributed by atoms with Gasteiger partial charge in [-0.1, -0.05) is 11.6 Å². The number of carboxylic acids is 1. The molecule has 0 fully saturated rings. The molecular formula is C14H11ClN4O2S. The summed E-state index contributed by atoms with van der Waals surface area (Å²) in [5.74, 6) is -0.989. The average Bonchev–Trinajstić information content (AvgIpc) is 3.16. The zero-order valence-corrected chi connectivity index (χ0v) is 12.8. The van der Waals surface area contributed by atoms with Crippen LogP contribution in [0.15, 0.2) is 42.9 Å². The zero-order valence-electron chi connectivity index (χ0n) is 11.2. The molecule has 0 spiro atoms. The highest BCUT2D eigenvalue weighted by Crippen LogP contribution is 2.23.